The third-order valence-electron chi connectivity index (χ3n) is 7.43. The minimum absolute atomic E-state index is 0.00817. The van der Waals surface area contributed by atoms with E-state index in [0.717, 1.165) is 17.7 Å². The van der Waals surface area contributed by atoms with Crippen molar-refractivity contribution in [3.63, 3.8) is 0 Å². The second-order valence-electron chi connectivity index (χ2n) is 11.6. The van der Waals surface area contributed by atoms with Gasteiger partial charge in [0, 0.05) is 49.6 Å². The first-order valence-corrected chi connectivity index (χ1v) is 19.0. The maximum Gasteiger partial charge on any atom is 0.472 e. The molecular formula is C37H46N2O16P-. The number of ether oxygens (including phenoxy) is 6. The third kappa shape index (κ3) is 16.2. The van der Waals surface area contributed by atoms with Crippen LogP contribution in [0.5, 0.6) is 17.2 Å². The topological polar surface area (TPSA) is 241 Å². The van der Waals surface area contributed by atoms with E-state index in [4.69, 9.17) is 37.5 Å². The normalized spacial score (nSPS) is 14.4. The average Bonchev–Trinajstić information content (AvgIpc) is 3.50. The van der Waals surface area contributed by atoms with Gasteiger partial charge in [0.05, 0.1) is 33.5 Å². The minimum atomic E-state index is -4.62. The van der Waals surface area contributed by atoms with Crippen LogP contribution in [0, 0.1) is 6.61 Å². The molecule has 0 saturated carbocycles. The number of fused-ring (bicyclic) bond motifs is 1. The fourth-order valence-corrected chi connectivity index (χ4v) is 5.33. The number of hydrogen-bond donors (Lipinski definition) is 4. The molecule has 0 bridgehead atoms. The number of phenolic OH excluding ortho intramolecular Hbond substituents is 1. The highest BCUT2D eigenvalue weighted by Gasteiger charge is 2.25. The number of phenols is 1. The summed E-state index contributed by atoms with van der Waals surface area (Å²) in [7, 11) is -3.16. The molecule has 0 aromatic heterocycles. The van der Waals surface area contributed by atoms with E-state index in [1.54, 1.807) is 55.5 Å². The Hall–Kier alpha value is -5.26. The van der Waals surface area contributed by atoms with Crippen molar-refractivity contribution in [2.75, 3.05) is 59.8 Å². The number of alkyl carbamates (subject to hydrolysis) is 1. The summed E-state index contributed by atoms with van der Waals surface area (Å²) >= 11 is 0. The van der Waals surface area contributed by atoms with Gasteiger partial charge in [-0.05, 0) is 35.4 Å². The number of allylic oxidation sites excluding steroid dienone is 3. The number of rotatable bonds is 24. The molecule has 56 heavy (non-hydrogen) atoms. The second-order valence-corrected chi connectivity index (χ2v) is 13.0. The third-order valence-corrected chi connectivity index (χ3v) is 8.41. The molecule has 0 aliphatic heterocycles. The maximum absolute atomic E-state index is 13.0. The van der Waals surface area contributed by atoms with Crippen LogP contribution in [0.4, 0.5) is 4.79 Å². The largest absolute Gasteiger partial charge is 0.633 e. The smallest absolute Gasteiger partial charge is 0.472 e. The van der Waals surface area contributed by atoms with Gasteiger partial charge in [0.2, 0.25) is 0 Å². The van der Waals surface area contributed by atoms with Crippen LogP contribution >= 0.6 is 7.82 Å². The van der Waals surface area contributed by atoms with Crippen molar-refractivity contribution in [1.82, 2.24) is 10.6 Å². The first-order valence-electron chi connectivity index (χ1n) is 17.5. The van der Waals surface area contributed by atoms with E-state index in [-0.39, 0.29) is 63.9 Å². The lowest BCUT2D eigenvalue weighted by atomic mass is 10.1. The van der Waals surface area contributed by atoms with E-state index >= 15 is 0 Å². The Morgan fingerprint density at radius 1 is 0.964 bits per heavy atom. The number of aromatic hydroxyl groups is 1. The van der Waals surface area contributed by atoms with Crippen LogP contribution in [0.2, 0.25) is 0 Å². The Morgan fingerprint density at radius 3 is 2.48 bits per heavy atom. The molecule has 1 aliphatic carbocycles. The zero-order valence-electron chi connectivity index (χ0n) is 31.2. The van der Waals surface area contributed by atoms with Crippen molar-refractivity contribution >= 4 is 43.6 Å². The highest BCUT2D eigenvalue weighted by atomic mass is 31.2. The number of esters is 2. The molecule has 2 unspecified atom stereocenters. The maximum atomic E-state index is 13.0. The van der Waals surface area contributed by atoms with Crippen LogP contribution < -0.4 is 20.1 Å². The molecule has 19 heteroatoms. The Labute approximate surface area is 323 Å². The van der Waals surface area contributed by atoms with Gasteiger partial charge < -0.3 is 49.1 Å². The van der Waals surface area contributed by atoms with E-state index in [1.807, 2.05) is 0 Å². The van der Waals surface area contributed by atoms with Crippen molar-refractivity contribution in [3.8, 4) is 17.2 Å². The summed E-state index contributed by atoms with van der Waals surface area (Å²) in [4.78, 5) is 69.8. The van der Waals surface area contributed by atoms with E-state index in [0.29, 0.717) is 29.1 Å². The number of hydrogen-bond acceptors (Lipinski definition) is 15. The van der Waals surface area contributed by atoms with Crippen LogP contribution in [0.3, 0.4) is 0 Å². The Kier molecular flexibility index (Phi) is 19.0. The number of ketones is 1. The van der Waals surface area contributed by atoms with Gasteiger partial charge in [-0.2, -0.15) is 0 Å². The molecule has 18 nitrogen and oxygen atoms in total. The zero-order valence-corrected chi connectivity index (χ0v) is 32.1. The fraction of sp³-hybridized carbons (Fsp3) is 0.405. The number of benzene rings is 2. The van der Waals surface area contributed by atoms with Gasteiger partial charge in [-0.3, -0.25) is 28.2 Å². The van der Waals surface area contributed by atoms with Gasteiger partial charge in [0.1, 0.15) is 12.4 Å². The quantitative estimate of drug-likeness (QED) is 0.0296. The van der Waals surface area contributed by atoms with Crippen LogP contribution in [-0.2, 0) is 53.4 Å². The van der Waals surface area contributed by atoms with E-state index < -0.39 is 51.1 Å². The molecule has 0 saturated heterocycles. The molecule has 2 aromatic rings. The molecule has 1 aliphatic rings. The SMILES string of the molecule is CCC(=O)O[CH-]C(COP(=O)(O)OCCNC(=O)OCCOCCNC(=O)COc1ccc2c(c1)C(=O)/C(=C\C=C\c1ccc(O)c(OC)c1)C2)OC(=O)CC. The summed E-state index contributed by atoms with van der Waals surface area (Å²) in [5.41, 5.74) is 2.74. The molecule has 2 aromatic carbocycles. The van der Waals surface area contributed by atoms with Crippen LogP contribution in [0.25, 0.3) is 6.08 Å². The van der Waals surface area contributed by atoms with Gasteiger partial charge in [-0.25, -0.2) is 9.36 Å². The van der Waals surface area contributed by atoms with Gasteiger partial charge in [0.15, 0.2) is 23.9 Å². The van der Waals surface area contributed by atoms with Crippen molar-refractivity contribution < 1.29 is 76.0 Å². The monoisotopic (exact) mass is 805 g/mol. The molecule has 0 radical (unpaired) electrons. The molecule has 2 amide bonds. The average molecular weight is 806 g/mol. The Morgan fingerprint density at radius 2 is 1.73 bits per heavy atom. The number of Topliss-reactive ketones (excluding diaryl/α,β-unsaturated/α-hetero) is 1. The minimum Gasteiger partial charge on any atom is -0.633 e. The molecule has 0 fully saturated rings. The number of carbonyl (C=O) groups excluding carboxylic acids is 5. The summed E-state index contributed by atoms with van der Waals surface area (Å²) < 4.78 is 52.4. The van der Waals surface area contributed by atoms with Gasteiger partial charge in [-0.15, -0.1) is 6.61 Å². The number of methoxy groups -OCH3 is 1. The highest BCUT2D eigenvalue weighted by Crippen LogP contribution is 2.43. The van der Waals surface area contributed by atoms with E-state index in [1.165, 1.54) is 20.1 Å². The summed E-state index contributed by atoms with van der Waals surface area (Å²) in [6.45, 7) is 2.55. The first kappa shape index (κ1) is 45.1. The number of amides is 2. The van der Waals surface area contributed by atoms with Crippen molar-refractivity contribution in [3.05, 3.63) is 77.4 Å². The fourth-order valence-electron chi connectivity index (χ4n) is 4.59. The molecule has 0 heterocycles. The number of carbonyl (C=O) groups is 5. The lowest BCUT2D eigenvalue weighted by molar-refractivity contribution is -0.155. The van der Waals surface area contributed by atoms with Gasteiger partial charge in [0.25, 0.3) is 11.9 Å². The van der Waals surface area contributed by atoms with Crippen molar-refractivity contribution in [1.29, 1.82) is 0 Å². The number of nitrogens with one attached hydrogen (secondary N) is 2. The standard InChI is InChI=1S/C37H46N2O16P/c1-4-34(42)52-22-29(55-35(43)5-2)23-54-56(46,47)53-16-14-39-37(45)50-18-17-49-15-13-38-33(41)24-51-28-11-10-26-20-27(36(44)30(26)21-28)8-6-7-25-9-12-31(40)32(19-25)48-3/h6-12,19,21-22,29,40H,4-5,13-18,20,23-24H2,1-3H3,(H,38,41)(H,39,45)(H,46,47)/q-1/b7-6+,27-8-. The predicted molar refractivity (Wildman–Crippen MR) is 198 cm³/mol. The first-order chi connectivity index (χ1) is 26.8. The summed E-state index contributed by atoms with van der Waals surface area (Å²) in [5.74, 6) is -1.07. The molecule has 3 rings (SSSR count). The van der Waals surface area contributed by atoms with Gasteiger partial charge >= 0.3 is 19.9 Å². The molecule has 306 valence electrons. The van der Waals surface area contributed by atoms with Crippen LogP contribution in [0.1, 0.15) is 48.2 Å². The lowest BCUT2D eigenvalue weighted by Crippen LogP contribution is -2.32. The van der Waals surface area contributed by atoms with E-state index in [9.17, 15) is 38.5 Å². The summed E-state index contributed by atoms with van der Waals surface area (Å²) in [5, 5.41) is 14.7. The molecule has 0 spiro atoms. The highest BCUT2D eigenvalue weighted by molar-refractivity contribution is 7.47. The van der Waals surface area contributed by atoms with Crippen LogP contribution in [-0.4, -0.2) is 106 Å². The molecular weight excluding hydrogens is 759 g/mol. The van der Waals surface area contributed by atoms with Crippen molar-refractivity contribution in [2.24, 2.45) is 0 Å². The number of phosphoric ester groups is 1. The lowest BCUT2D eigenvalue weighted by Gasteiger charge is -2.27. The molecule has 4 N–H and O–H groups in total. The molecule has 2 atom stereocenters. The van der Waals surface area contributed by atoms with Crippen LogP contribution in [0.15, 0.2) is 54.1 Å². The Balaban J connectivity index is 1.24. The number of phosphoric acid groups is 1. The van der Waals surface area contributed by atoms with E-state index in [2.05, 4.69) is 10.6 Å². The summed E-state index contributed by atoms with van der Waals surface area (Å²) in [6, 6.07) is 10.0. The summed E-state index contributed by atoms with van der Waals surface area (Å²) in [6.07, 6.45) is 3.70. The zero-order chi connectivity index (χ0) is 40.9. The second kappa shape index (κ2) is 23.6. The van der Waals surface area contributed by atoms with Crippen molar-refractivity contribution in [2.45, 2.75) is 39.2 Å². The predicted octanol–water partition coefficient (Wildman–Crippen LogP) is 3.59. The Bertz CT molecular complexity index is 1780. The van der Waals surface area contributed by atoms with Gasteiger partial charge in [-0.1, -0.05) is 44.2 Å².